The van der Waals surface area contributed by atoms with Gasteiger partial charge in [0.05, 0.1) is 17.6 Å². The molecule has 0 saturated heterocycles. The highest BCUT2D eigenvalue weighted by molar-refractivity contribution is 5.65. The molecule has 0 unspecified atom stereocenters. The van der Waals surface area contributed by atoms with Gasteiger partial charge in [-0.15, -0.1) is 0 Å². The maximum atomic E-state index is 12.6. The molecule has 2 rings (SSSR count). The van der Waals surface area contributed by atoms with Crippen molar-refractivity contribution in [1.82, 2.24) is 4.98 Å². The number of nitrogens with two attached hydrogens (primary N) is 1. The zero-order chi connectivity index (χ0) is 14.6. The molecule has 0 atom stereocenters. The van der Waals surface area contributed by atoms with Crippen molar-refractivity contribution in [2.45, 2.75) is 44.7 Å². The second-order valence-electron chi connectivity index (χ2n) is 5.37. The van der Waals surface area contributed by atoms with Gasteiger partial charge in [0.2, 0.25) is 0 Å². The SMILES string of the molecule is Nc1cnc(C(F)(F)F)cc1NCCCC1CCCC1. The number of aromatic nitrogens is 1. The van der Waals surface area contributed by atoms with Gasteiger partial charge in [0, 0.05) is 6.54 Å². The second-order valence-corrected chi connectivity index (χ2v) is 5.37. The van der Waals surface area contributed by atoms with Gasteiger partial charge in [-0.1, -0.05) is 25.7 Å². The Kier molecular flexibility index (Phi) is 4.73. The van der Waals surface area contributed by atoms with Crippen LogP contribution in [0.5, 0.6) is 0 Å². The van der Waals surface area contributed by atoms with Crippen molar-refractivity contribution in [3.63, 3.8) is 0 Å². The molecule has 3 nitrogen and oxygen atoms in total. The van der Waals surface area contributed by atoms with Crippen LogP contribution < -0.4 is 11.1 Å². The molecule has 0 bridgehead atoms. The first-order chi connectivity index (χ1) is 9.47. The number of alkyl halides is 3. The average Bonchev–Trinajstić information content (AvgIpc) is 2.88. The van der Waals surface area contributed by atoms with Crippen LogP contribution in [0, 0.1) is 5.92 Å². The van der Waals surface area contributed by atoms with Crippen LogP contribution in [-0.4, -0.2) is 11.5 Å². The highest BCUT2D eigenvalue weighted by Gasteiger charge is 2.32. The lowest BCUT2D eigenvalue weighted by Gasteiger charge is -2.13. The van der Waals surface area contributed by atoms with Crippen molar-refractivity contribution in [3.05, 3.63) is 18.0 Å². The minimum Gasteiger partial charge on any atom is -0.396 e. The quantitative estimate of drug-likeness (QED) is 0.803. The fourth-order valence-corrected chi connectivity index (χ4v) is 2.69. The standard InChI is InChI=1S/C14H20F3N3/c15-14(16,17)13-8-12(11(18)9-20-13)19-7-3-6-10-4-1-2-5-10/h8-10H,1-7,18H2,(H,19,20). The summed E-state index contributed by atoms with van der Waals surface area (Å²) in [7, 11) is 0. The van der Waals surface area contributed by atoms with Gasteiger partial charge in [0.25, 0.3) is 0 Å². The smallest absolute Gasteiger partial charge is 0.396 e. The maximum Gasteiger partial charge on any atom is 0.433 e. The Morgan fingerprint density at radius 2 is 2.00 bits per heavy atom. The van der Waals surface area contributed by atoms with Gasteiger partial charge in [0.1, 0.15) is 5.69 Å². The number of pyridine rings is 1. The van der Waals surface area contributed by atoms with E-state index in [1.807, 2.05) is 0 Å². The van der Waals surface area contributed by atoms with Crippen molar-refractivity contribution in [3.8, 4) is 0 Å². The minimum absolute atomic E-state index is 0.249. The molecule has 1 aliphatic rings. The predicted octanol–water partition coefficient (Wildman–Crippen LogP) is 4.06. The maximum absolute atomic E-state index is 12.6. The lowest BCUT2D eigenvalue weighted by molar-refractivity contribution is -0.141. The molecule has 3 N–H and O–H groups in total. The third-order valence-electron chi connectivity index (χ3n) is 3.80. The predicted molar refractivity (Wildman–Crippen MR) is 73.3 cm³/mol. The van der Waals surface area contributed by atoms with E-state index in [-0.39, 0.29) is 5.69 Å². The molecule has 1 aromatic rings. The molecule has 1 saturated carbocycles. The number of rotatable bonds is 5. The summed E-state index contributed by atoms with van der Waals surface area (Å²) in [5.74, 6) is 0.789. The lowest BCUT2D eigenvalue weighted by Crippen LogP contribution is -2.11. The number of halogens is 3. The van der Waals surface area contributed by atoms with E-state index in [2.05, 4.69) is 10.3 Å². The molecule has 20 heavy (non-hydrogen) atoms. The van der Waals surface area contributed by atoms with Crippen molar-refractivity contribution in [1.29, 1.82) is 0 Å². The van der Waals surface area contributed by atoms with Crippen LogP contribution in [0.25, 0.3) is 0 Å². The van der Waals surface area contributed by atoms with Crippen molar-refractivity contribution in [2.24, 2.45) is 5.92 Å². The largest absolute Gasteiger partial charge is 0.433 e. The molecule has 0 aromatic carbocycles. The van der Waals surface area contributed by atoms with Crippen LogP contribution in [0.1, 0.15) is 44.2 Å². The number of anilines is 2. The van der Waals surface area contributed by atoms with Gasteiger partial charge in [0.15, 0.2) is 0 Å². The minimum atomic E-state index is -4.44. The van der Waals surface area contributed by atoms with Gasteiger partial charge in [-0.25, -0.2) is 4.98 Å². The number of hydrogen-bond donors (Lipinski definition) is 2. The first kappa shape index (κ1) is 14.9. The van der Waals surface area contributed by atoms with Crippen LogP contribution in [-0.2, 0) is 6.18 Å². The van der Waals surface area contributed by atoms with Crippen LogP contribution in [0.4, 0.5) is 24.5 Å². The molecular weight excluding hydrogens is 267 g/mol. The third kappa shape index (κ3) is 4.02. The summed E-state index contributed by atoms with van der Waals surface area (Å²) in [5, 5.41) is 2.98. The molecule has 1 aliphatic carbocycles. The van der Waals surface area contributed by atoms with Crippen molar-refractivity contribution < 1.29 is 13.2 Å². The van der Waals surface area contributed by atoms with Gasteiger partial charge < -0.3 is 11.1 Å². The molecule has 0 radical (unpaired) electrons. The fraction of sp³-hybridized carbons (Fsp3) is 0.643. The first-order valence-corrected chi connectivity index (χ1v) is 7.03. The van der Waals surface area contributed by atoms with E-state index in [1.54, 1.807) is 0 Å². The van der Waals surface area contributed by atoms with Gasteiger partial charge in [-0.3, -0.25) is 0 Å². The summed E-state index contributed by atoms with van der Waals surface area (Å²) in [4.78, 5) is 3.31. The van der Waals surface area contributed by atoms with Crippen LogP contribution >= 0.6 is 0 Å². The van der Waals surface area contributed by atoms with E-state index >= 15 is 0 Å². The highest BCUT2D eigenvalue weighted by atomic mass is 19.4. The summed E-state index contributed by atoms with van der Waals surface area (Å²) in [6, 6.07) is 0.977. The average molecular weight is 287 g/mol. The topological polar surface area (TPSA) is 50.9 Å². The highest BCUT2D eigenvalue weighted by Crippen LogP contribution is 2.31. The molecule has 1 fully saturated rings. The Labute approximate surface area is 116 Å². The van der Waals surface area contributed by atoms with E-state index in [4.69, 9.17) is 5.73 Å². The molecule has 0 amide bonds. The van der Waals surface area contributed by atoms with Gasteiger partial charge in [-0.05, 0) is 24.8 Å². The van der Waals surface area contributed by atoms with E-state index in [9.17, 15) is 13.2 Å². The molecule has 1 heterocycles. The Morgan fingerprint density at radius 1 is 1.30 bits per heavy atom. The van der Waals surface area contributed by atoms with Crippen LogP contribution in [0.3, 0.4) is 0 Å². The summed E-state index contributed by atoms with van der Waals surface area (Å²) < 4.78 is 37.7. The van der Waals surface area contributed by atoms with Crippen molar-refractivity contribution in [2.75, 3.05) is 17.6 Å². The zero-order valence-corrected chi connectivity index (χ0v) is 11.3. The first-order valence-electron chi connectivity index (χ1n) is 7.03. The number of hydrogen-bond acceptors (Lipinski definition) is 3. The normalized spacial score (nSPS) is 16.6. The third-order valence-corrected chi connectivity index (χ3v) is 3.80. The fourth-order valence-electron chi connectivity index (χ4n) is 2.69. The van der Waals surface area contributed by atoms with E-state index < -0.39 is 11.9 Å². The molecular formula is C14H20F3N3. The summed E-state index contributed by atoms with van der Waals surface area (Å²) >= 11 is 0. The number of nitrogens with zero attached hydrogens (tertiary/aromatic N) is 1. The summed E-state index contributed by atoms with van der Waals surface area (Å²) in [5.41, 5.74) is 5.30. The van der Waals surface area contributed by atoms with Gasteiger partial charge in [-0.2, -0.15) is 13.2 Å². The summed E-state index contributed by atoms with van der Waals surface area (Å²) in [6.45, 7) is 0.641. The second kappa shape index (κ2) is 6.33. The molecule has 6 heteroatoms. The summed E-state index contributed by atoms with van der Waals surface area (Å²) in [6.07, 6.45) is 3.90. The molecule has 0 spiro atoms. The van der Waals surface area contributed by atoms with E-state index in [0.29, 0.717) is 12.2 Å². The Balaban J connectivity index is 1.85. The van der Waals surface area contributed by atoms with Gasteiger partial charge >= 0.3 is 6.18 Å². The number of nitrogens with one attached hydrogen (secondary N) is 1. The van der Waals surface area contributed by atoms with Crippen LogP contribution in [0.2, 0.25) is 0 Å². The van der Waals surface area contributed by atoms with Crippen LogP contribution in [0.15, 0.2) is 12.3 Å². The van der Waals surface area contributed by atoms with E-state index in [0.717, 1.165) is 31.0 Å². The Hall–Kier alpha value is -1.46. The zero-order valence-electron chi connectivity index (χ0n) is 11.3. The Bertz CT molecular complexity index is 440. The number of nitrogen functional groups attached to an aromatic ring is 1. The Morgan fingerprint density at radius 3 is 2.65 bits per heavy atom. The monoisotopic (exact) mass is 287 g/mol. The van der Waals surface area contributed by atoms with E-state index in [1.165, 1.54) is 25.7 Å². The molecule has 1 aromatic heterocycles. The molecule has 0 aliphatic heterocycles. The molecule has 112 valence electrons. The van der Waals surface area contributed by atoms with Crippen molar-refractivity contribution >= 4 is 11.4 Å². The lowest BCUT2D eigenvalue weighted by atomic mass is 10.0.